The Kier molecular flexibility index (Phi) is 9.40. The standard InChI is InChI=1S/C25H29ClFN3O4S/c1-16-7-9-19(10-8-16)28-23(31)14-35(34)15-24(32)30(20-11-12-22(27)21(26)13-20)17(2)25(33)29-18-5-3-4-6-18/h7-13,17-18H,3-6,14-15H2,1-2H3,(H,28,31)(H,29,33)/t17-,35-/m1/s1. The number of nitrogens with zero attached hydrogens (tertiary/aromatic N) is 1. The number of anilines is 2. The van der Waals surface area contributed by atoms with E-state index in [-0.39, 0.29) is 28.4 Å². The molecule has 35 heavy (non-hydrogen) atoms. The van der Waals surface area contributed by atoms with Gasteiger partial charge in [-0.1, -0.05) is 42.1 Å². The van der Waals surface area contributed by atoms with Gasteiger partial charge in [0, 0.05) is 28.2 Å². The molecule has 3 amide bonds. The maximum absolute atomic E-state index is 13.7. The molecule has 0 aromatic heterocycles. The molecule has 2 aromatic rings. The third kappa shape index (κ3) is 7.60. The predicted molar refractivity (Wildman–Crippen MR) is 136 cm³/mol. The Morgan fingerprint density at radius 2 is 1.77 bits per heavy atom. The fraction of sp³-hybridized carbons (Fsp3) is 0.400. The van der Waals surface area contributed by atoms with E-state index in [1.54, 1.807) is 19.1 Å². The summed E-state index contributed by atoms with van der Waals surface area (Å²) in [6.07, 6.45) is 3.79. The van der Waals surface area contributed by atoms with E-state index in [1.165, 1.54) is 12.1 Å². The summed E-state index contributed by atoms with van der Waals surface area (Å²) in [6, 6.07) is 9.90. The van der Waals surface area contributed by atoms with Crippen molar-refractivity contribution in [2.24, 2.45) is 0 Å². The smallest absolute Gasteiger partial charge is 0.243 e. The van der Waals surface area contributed by atoms with Crippen LogP contribution in [0.4, 0.5) is 15.8 Å². The number of aryl methyl sites for hydroxylation is 1. The summed E-state index contributed by atoms with van der Waals surface area (Å²) >= 11 is 5.92. The van der Waals surface area contributed by atoms with Gasteiger partial charge in [0.05, 0.1) is 5.02 Å². The van der Waals surface area contributed by atoms with Crippen molar-refractivity contribution in [3.05, 3.63) is 58.9 Å². The maximum atomic E-state index is 13.7. The fourth-order valence-corrected chi connectivity index (χ4v) is 5.02. The van der Waals surface area contributed by atoms with Crippen LogP contribution in [-0.2, 0) is 25.2 Å². The van der Waals surface area contributed by atoms with Crippen molar-refractivity contribution in [3.63, 3.8) is 0 Å². The van der Waals surface area contributed by atoms with Gasteiger partial charge in [-0.3, -0.25) is 23.5 Å². The molecule has 0 radical (unpaired) electrons. The molecule has 0 aliphatic heterocycles. The molecule has 2 atom stereocenters. The van der Waals surface area contributed by atoms with Gasteiger partial charge in [0.1, 0.15) is 23.4 Å². The first kappa shape index (κ1) is 26.8. The molecule has 0 unspecified atom stereocenters. The predicted octanol–water partition coefficient (Wildman–Crippen LogP) is 3.96. The minimum Gasteiger partial charge on any atom is -0.352 e. The molecule has 2 N–H and O–H groups in total. The minimum absolute atomic E-state index is 0.0401. The minimum atomic E-state index is -1.84. The molecule has 0 saturated heterocycles. The first-order valence-corrected chi connectivity index (χ1v) is 13.3. The lowest BCUT2D eigenvalue weighted by atomic mass is 10.1. The maximum Gasteiger partial charge on any atom is 0.243 e. The van der Waals surface area contributed by atoms with E-state index in [2.05, 4.69) is 10.6 Å². The number of rotatable bonds is 9. The zero-order valence-electron chi connectivity index (χ0n) is 19.7. The van der Waals surface area contributed by atoms with E-state index in [0.29, 0.717) is 5.69 Å². The Balaban J connectivity index is 1.70. The van der Waals surface area contributed by atoms with Crippen molar-refractivity contribution in [3.8, 4) is 0 Å². The molecule has 1 fully saturated rings. The van der Waals surface area contributed by atoms with Gasteiger partial charge in [0.15, 0.2) is 0 Å². The summed E-state index contributed by atoms with van der Waals surface area (Å²) < 4.78 is 26.4. The monoisotopic (exact) mass is 521 g/mol. The zero-order valence-corrected chi connectivity index (χ0v) is 21.3. The van der Waals surface area contributed by atoms with E-state index < -0.39 is 40.2 Å². The summed E-state index contributed by atoms with van der Waals surface area (Å²) in [6.45, 7) is 3.47. The number of hydrogen-bond donors (Lipinski definition) is 2. The van der Waals surface area contributed by atoms with E-state index in [1.807, 2.05) is 19.1 Å². The van der Waals surface area contributed by atoms with E-state index in [4.69, 9.17) is 11.6 Å². The van der Waals surface area contributed by atoms with E-state index in [0.717, 1.165) is 42.2 Å². The van der Waals surface area contributed by atoms with Crippen molar-refractivity contribution in [1.29, 1.82) is 0 Å². The largest absolute Gasteiger partial charge is 0.352 e. The quantitative estimate of drug-likeness (QED) is 0.522. The molecule has 0 bridgehead atoms. The number of carbonyl (C=O) groups excluding carboxylic acids is 3. The molecule has 10 heteroatoms. The summed E-state index contributed by atoms with van der Waals surface area (Å²) in [4.78, 5) is 39.6. The lowest BCUT2D eigenvalue weighted by molar-refractivity contribution is -0.125. The highest BCUT2D eigenvalue weighted by Crippen LogP contribution is 2.25. The number of hydrogen-bond acceptors (Lipinski definition) is 4. The van der Waals surface area contributed by atoms with Crippen LogP contribution in [0.3, 0.4) is 0 Å². The molecule has 1 aliphatic rings. The molecule has 0 spiro atoms. The number of amides is 3. The second-order valence-electron chi connectivity index (χ2n) is 8.67. The lowest BCUT2D eigenvalue weighted by Crippen LogP contribution is -2.51. The van der Waals surface area contributed by atoms with E-state index in [9.17, 15) is 23.0 Å². The van der Waals surface area contributed by atoms with Crippen molar-refractivity contribution >= 4 is 51.5 Å². The van der Waals surface area contributed by atoms with Crippen LogP contribution in [0.25, 0.3) is 0 Å². The van der Waals surface area contributed by atoms with Crippen molar-refractivity contribution in [2.75, 3.05) is 21.7 Å². The molecule has 188 valence electrons. The third-order valence-corrected chi connectivity index (χ3v) is 7.27. The average Bonchev–Trinajstić information content (AvgIpc) is 3.30. The van der Waals surface area contributed by atoms with Crippen molar-refractivity contribution < 1.29 is 23.0 Å². The highest BCUT2D eigenvalue weighted by Gasteiger charge is 2.31. The second-order valence-corrected chi connectivity index (χ2v) is 10.5. The van der Waals surface area contributed by atoms with Crippen LogP contribution in [0.5, 0.6) is 0 Å². The molecule has 3 rings (SSSR count). The Bertz CT molecular complexity index is 1110. The molecule has 0 heterocycles. The summed E-state index contributed by atoms with van der Waals surface area (Å²) in [5.41, 5.74) is 1.80. The Morgan fingerprint density at radius 3 is 2.40 bits per heavy atom. The van der Waals surface area contributed by atoms with Crippen LogP contribution < -0.4 is 15.5 Å². The normalized spacial score (nSPS) is 15.3. The second kappa shape index (κ2) is 12.3. The summed E-state index contributed by atoms with van der Waals surface area (Å²) in [5, 5.41) is 5.39. The first-order chi connectivity index (χ1) is 16.6. The average molecular weight is 522 g/mol. The lowest BCUT2D eigenvalue weighted by Gasteiger charge is -2.29. The molecule has 2 aromatic carbocycles. The Labute approximate surface area is 211 Å². The molecular weight excluding hydrogens is 493 g/mol. The van der Waals surface area contributed by atoms with Gasteiger partial charge in [0.2, 0.25) is 17.7 Å². The Hall–Kier alpha value is -2.78. The highest BCUT2D eigenvalue weighted by atomic mass is 35.5. The van der Waals surface area contributed by atoms with Crippen LogP contribution in [0.2, 0.25) is 5.02 Å². The number of benzene rings is 2. The topological polar surface area (TPSA) is 95.6 Å². The summed E-state index contributed by atoms with van der Waals surface area (Å²) in [7, 11) is -1.84. The number of carbonyl (C=O) groups is 3. The number of nitrogens with one attached hydrogen (secondary N) is 2. The first-order valence-electron chi connectivity index (χ1n) is 11.4. The van der Waals surface area contributed by atoms with Gasteiger partial charge < -0.3 is 10.6 Å². The van der Waals surface area contributed by atoms with Crippen LogP contribution in [0.1, 0.15) is 38.2 Å². The van der Waals surface area contributed by atoms with Gasteiger partial charge in [-0.05, 0) is 57.0 Å². The van der Waals surface area contributed by atoms with Gasteiger partial charge in [-0.2, -0.15) is 0 Å². The SMILES string of the molecule is Cc1ccc(NC(=O)C[S@@](=O)CC(=O)N(c2ccc(F)c(Cl)c2)[C@H](C)C(=O)NC2CCCC2)cc1. The van der Waals surface area contributed by atoms with Gasteiger partial charge >= 0.3 is 0 Å². The van der Waals surface area contributed by atoms with Gasteiger partial charge in [0.25, 0.3) is 0 Å². The zero-order chi connectivity index (χ0) is 25.5. The van der Waals surface area contributed by atoms with E-state index >= 15 is 0 Å². The molecule has 7 nitrogen and oxygen atoms in total. The molecule has 1 aliphatic carbocycles. The fourth-order valence-electron chi connectivity index (χ4n) is 3.97. The molecule has 1 saturated carbocycles. The van der Waals surface area contributed by atoms with Crippen LogP contribution in [0.15, 0.2) is 42.5 Å². The van der Waals surface area contributed by atoms with Crippen LogP contribution in [0, 0.1) is 12.7 Å². The van der Waals surface area contributed by atoms with Crippen molar-refractivity contribution in [2.45, 2.75) is 51.6 Å². The van der Waals surface area contributed by atoms with Crippen molar-refractivity contribution in [1.82, 2.24) is 5.32 Å². The Morgan fingerprint density at radius 1 is 1.11 bits per heavy atom. The van der Waals surface area contributed by atoms with Crippen LogP contribution in [-0.4, -0.2) is 45.5 Å². The number of halogens is 2. The van der Waals surface area contributed by atoms with Gasteiger partial charge in [-0.15, -0.1) is 0 Å². The third-order valence-electron chi connectivity index (χ3n) is 5.83. The highest BCUT2D eigenvalue weighted by molar-refractivity contribution is 7.86. The van der Waals surface area contributed by atoms with Crippen LogP contribution >= 0.6 is 11.6 Å². The van der Waals surface area contributed by atoms with Gasteiger partial charge in [-0.25, -0.2) is 4.39 Å². The summed E-state index contributed by atoms with van der Waals surface area (Å²) in [5.74, 6) is -3.04. The molecular formula is C25H29ClFN3O4S.